The molecule has 21 heavy (non-hydrogen) atoms. The largest absolute Gasteiger partial charge is 0.397 e. The molecule has 2 nitrogen and oxygen atoms in total. The van der Waals surface area contributed by atoms with Crippen molar-refractivity contribution in [3.63, 3.8) is 0 Å². The zero-order chi connectivity index (χ0) is 14.2. The molecule has 2 heteroatoms. The third-order valence-electron chi connectivity index (χ3n) is 3.82. The molecule has 0 aliphatic heterocycles. The van der Waals surface area contributed by atoms with E-state index in [0.717, 1.165) is 27.8 Å². The van der Waals surface area contributed by atoms with Crippen LogP contribution in [0, 0.1) is 0 Å². The molecule has 4 rings (SSSR count). The Balaban J connectivity index is 2.02. The minimum Gasteiger partial charge on any atom is -0.397 e. The first-order valence-electron chi connectivity index (χ1n) is 6.96. The monoisotopic (exact) mass is 270 g/mol. The van der Waals surface area contributed by atoms with Crippen molar-refractivity contribution < 1.29 is 0 Å². The first-order valence-corrected chi connectivity index (χ1v) is 6.96. The molecule has 0 spiro atoms. The highest BCUT2D eigenvalue weighted by molar-refractivity contribution is 5.98. The molecule has 3 aromatic carbocycles. The maximum absolute atomic E-state index is 6.05. The first-order chi connectivity index (χ1) is 10.3. The Hall–Kier alpha value is -2.87. The van der Waals surface area contributed by atoms with Gasteiger partial charge < -0.3 is 5.73 Å². The lowest BCUT2D eigenvalue weighted by Gasteiger charge is -2.08. The smallest absolute Gasteiger partial charge is 0.0938 e. The molecule has 4 aromatic rings. The summed E-state index contributed by atoms with van der Waals surface area (Å²) in [5, 5.41) is 3.50. The van der Waals surface area contributed by atoms with Gasteiger partial charge in [-0.25, -0.2) is 4.98 Å². The van der Waals surface area contributed by atoms with Crippen molar-refractivity contribution in [2.24, 2.45) is 0 Å². The summed E-state index contributed by atoms with van der Waals surface area (Å²) in [4.78, 5) is 4.77. The fourth-order valence-electron chi connectivity index (χ4n) is 2.77. The van der Waals surface area contributed by atoms with Gasteiger partial charge in [0, 0.05) is 10.9 Å². The number of nitrogens with two attached hydrogens (primary N) is 1. The quantitative estimate of drug-likeness (QED) is 0.512. The Morgan fingerprint density at radius 3 is 2.38 bits per heavy atom. The van der Waals surface area contributed by atoms with Crippen LogP contribution in [0.1, 0.15) is 0 Å². The Labute approximate surface area is 122 Å². The molecule has 0 saturated heterocycles. The molecule has 0 radical (unpaired) electrons. The summed E-state index contributed by atoms with van der Waals surface area (Å²) in [6.07, 6.45) is 0. The topological polar surface area (TPSA) is 38.9 Å². The number of rotatable bonds is 1. The van der Waals surface area contributed by atoms with Crippen LogP contribution in [0.15, 0.2) is 72.8 Å². The molecule has 0 aliphatic rings. The number of hydrogen-bond acceptors (Lipinski definition) is 2. The third-order valence-corrected chi connectivity index (χ3v) is 3.82. The summed E-state index contributed by atoms with van der Waals surface area (Å²) < 4.78 is 0. The highest BCUT2D eigenvalue weighted by Crippen LogP contribution is 2.29. The van der Waals surface area contributed by atoms with Gasteiger partial charge in [-0.1, -0.05) is 60.7 Å². The second kappa shape index (κ2) is 4.60. The number of aromatic nitrogens is 1. The Kier molecular flexibility index (Phi) is 2.61. The van der Waals surface area contributed by atoms with E-state index in [9.17, 15) is 0 Å². The molecular formula is C19H14N2. The van der Waals surface area contributed by atoms with E-state index in [1.165, 1.54) is 10.8 Å². The molecule has 1 aromatic heterocycles. The average molecular weight is 270 g/mol. The van der Waals surface area contributed by atoms with Gasteiger partial charge in [0.1, 0.15) is 0 Å². The van der Waals surface area contributed by atoms with Gasteiger partial charge in [-0.2, -0.15) is 0 Å². The van der Waals surface area contributed by atoms with Crippen LogP contribution < -0.4 is 5.73 Å². The summed E-state index contributed by atoms with van der Waals surface area (Å²) in [5.41, 5.74) is 9.73. The third kappa shape index (κ3) is 1.93. The normalized spacial score (nSPS) is 11.0. The Morgan fingerprint density at radius 2 is 1.43 bits per heavy atom. The molecule has 0 saturated carbocycles. The highest BCUT2D eigenvalue weighted by Gasteiger charge is 2.06. The lowest BCUT2D eigenvalue weighted by molar-refractivity contribution is 1.41. The van der Waals surface area contributed by atoms with E-state index >= 15 is 0 Å². The zero-order valence-electron chi connectivity index (χ0n) is 11.5. The van der Waals surface area contributed by atoms with Gasteiger partial charge in [-0.05, 0) is 22.9 Å². The molecule has 0 fully saturated rings. The Bertz CT molecular complexity index is 952. The minimum absolute atomic E-state index is 0.717. The second-order valence-electron chi connectivity index (χ2n) is 5.14. The van der Waals surface area contributed by atoms with Gasteiger partial charge in [0.05, 0.1) is 16.9 Å². The zero-order valence-corrected chi connectivity index (χ0v) is 11.5. The van der Waals surface area contributed by atoms with Gasteiger partial charge in [0.15, 0.2) is 0 Å². The molecule has 0 atom stereocenters. The van der Waals surface area contributed by atoms with Crippen molar-refractivity contribution in [2.45, 2.75) is 0 Å². The van der Waals surface area contributed by atoms with Gasteiger partial charge in [-0.3, -0.25) is 0 Å². The predicted octanol–water partition coefficient (Wildman–Crippen LogP) is 4.64. The standard InChI is InChI=1S/C19H14N2/c20-17-10-4-7-14-11-12-18(21-19(14)17)16-9-3-6-13-5-1-2-8-15(13)16/h1-12H,20H2. The summed E-state index contributed by atoms with van der Waals surface area (Å²) in [7, 11) is 0. The van der Waals surface area contributed by atoms with Crippen LogP contribution in [0.25, 0.3) is 32.9 Å². The van der Waals surface area contributed by atoms with E-state index in [-0.39, 0.29) is 0 Å². The molecule has 0 amide bonds. The number of para-hydroxylation sites is 1. The van der Waals surface area contributed by atoms with Crippen LogP contribution in [0.2, 0.25) is 0 Å². The van der Waals surface area contributed by atoms with Crippen LogP contribution in [0.4, 0.5) is 5.69 Å². The average Bonchev–Trinajstić information content (AvgIpc) is 2.54. The summed E-state index contributed by atoms with van der Waals surface area (Å²) >= 11 is 0. The van der Waals surface area contributed by atoms with E-state index in [1.807, 2.05) is 18.2 Å². The van der Waals surface area contributed by atoms with Gasteiger partial charge in [0.2, 0.25) is 0 Å². The van der Waals surface area contributed by atoms with Crippen LogP contribution in [-0.2, 0) is 0 Å². The van der Waals surface area contributed by atoms with Crippen molar-refractivity contribution in [1.82, 2.24) is 4.98 Å². The number of nitrogen functional groups attached to an aromatic ring is 1. The SMILES string of the molecule is Nc1cccc2ccc(-c3cccc4ccccc34)nc12. The summed E-state index contributed by atoms with van der Waals surface area (Å²) in [5.74, 6) is 0. The van der Waals surface area contributed by atoms with Crippen molar-refractivity contribution in [3.8, 4) is 11.3 Å². The van der Waals surface area contributed by atoms with Crippen LogP contribution in [-0.4, -0.2) is 4.98 Å². The summed E-state index contributed by atoms with van der Waals surface area (Å²) in [6.45, 7) is 0. The second-order valence-corrected chi connectivity index (χ2v) is 5.14. The van der Waals surface area contributed by atoms with E-state index in [2.05, 4.69) is 54.6 Å². The molecule has 0 bridgehead atoms. The van der Waals surface area contributed by atoms with Crippen molar-refractivity contribution in [1.29, 1.82) is 0 Å². The van der Waals surface area contributed by atoms with Crippen molar-refractivity contribution in [2.75, 3.05) is 5.73 Å². The van der Waals surface area contributed by atoms with Gasteiger partial charge in [0.25, 0.3) is 0 Å². The number of anilines is 1. The molecule has 1 heterocycles. The van der Waals surface area contributed by atoms with Crippen LogP contribution in [0.5, 0.6) is 0 Å². The molecule has 100 valence electrons. The molecule has 0 aliphatic carbocycles. The number of hydrogen-bond donors (Lipinski definition) is 1. The lowest BCUT2D eigenvalue weighted by Crippen LogP contribution is -1.91. The van der Waals surface area contributed by atoms with E-state index in [0.29, 0.717) is 0 Å². The van der Waals surface area contributed by atoms with Crippen LogP contribution >= 0.6 is 0 Å². The number of nitrogens with zero attached hydrogens (tertiary/aromatic N) is 1. The van der Waals surface area contributed by atoms with Crippen molar-refractivity contribution in [3.05, 3.63) is 72.8 Å². The maximum atomic E-state index is 6.05. The van der Waals surface area contributed by atoms with E-state index < -0.39 is 0 Å². The maximum Gasteiger partial charge on any atom is 0.0938 e. The van der Waals surface area contributed by atoms with E-state index in [1.54, 1.807) is 0 Å². The first kappa shape index (κ1) is 11.9. The fourth-order valence-corrected chi connectivity index (χ4v) is 2.77. The Morgan fingerprint density at radius 1 is 0.667 bits per heavy atom. The van der Waals surface area contributed by atoms with Crippen LogP contribution in [0.3, 0.4) is 0 Å². The lowest BCUT2D eigenvalue weighted by atomic mass is 10.0. The molecule has 0 unspecified atom stereocenters. The van der Waals surface area contributed by atoms with Gasteiger partial charge >= 0.3 is 0 Å². The van der Waals surface area contributed by atoms with E-state index in [4.69, 9.17) is 10.7 Å². The molecular weight excluding hydrogens is 256 g/mol. The highest BCUT2D eigenvalue weighted by atomic mass is 14.7. The number of fused-ring (bicyclic) bond motifs is 2. The fraction of sp³-hybridized carbons (Fsp3) is 0. The predicted molar refractivity (Wildman–Crippen MR) is 89.1 cm³/mol. The van der Waals surface area contributed by atoms with Gasteiger partial charge in [-0.15, -0.1) is 0 Å². The summed E-state index contributed by atoms with van der Waals surface area (Å²) in [6, 6.07) is 24.7. The number of benzene rings is 3. The number of pyridine rings is 1. The minimum atomic E-state index is 0.717. The van der Waals surface area contributed by atoms with Crippen molar-refractivity contribution >= 4 is 27.4 Å². The molecule has 2 N–H and O–H groups in total.